The standard InChI is InChI=1S/C20H39N5/c1-16(2)14-24-10-4-5-17(15-24)13-22-20(21-3)23-18-8-11-25(12-9-18)19-6-7-19/h16-19H,4-15H2,1-3H3,(H2,21,22,23). The van der Waals surface area contributed by atoms with Crippen LogP contribution in [0.5, 0.6) is 0 Å². The first-order valence-corrected chi connectivity index (χ1v) is 10.6. The number of guanidine groups is 1. The normalized spacial score (nSPS) is 27.7. The summed E-state index contributed by atoms with van der Waals surface area (Å²) in [6, 6.07) is 1.50. The summed E-state index contributed by atoms with van der Waals surface area (Å²) in [5, 5.41) is 7.27. The molecule has 3 rings (SSSR count). The van der Waals surface area contributed by atoms with Crippen molar-refractivity contribution in [3.8, 4) is 0 Å². The van der Waals surface area contributed by atoms with Crippen molar-refractivity contribution < 1.29 is 0 Å². The number of nitrogens with zero attached hydrogens (tertiary/aromatic N) is 3. The molecule has 1 aliphatic carbocycles. The van der Waals surface area contributed by atoms with Gasteiger partial charge in [0.2, 0.25) is 0 Å². The van der Waals surface area contributed by atoms with Crippen LogP contribution in [-0.2, 0) is 0 Å². The maximum atomic E-state index is 4.47. The minimum atomic E-state index is 0.588. The molecule has 2 aliphatic heterocycles. The first-order chi connectivity index (χ1) is 12.1. The van der Waals surface area contributed by atoms with Crippen LogP contribution in [0.4, 0.5) is 0 Å². The summed E-state index contributed by atoms with van der Waals surface area (Å²) in [5.41, 5.74) is 0. The third-order valence-electron chi connectivity index (χ3n) is 5.94. The van der Waals surface area contributed by atoms with E-state index in [4.69, 9.17) is 0 Å². The van der Waals surface area contributed by atoms with Gasteiger partial charge in [0.15, 0.2) is 5.96 Å². The Kier molecular flexibility index (Phi) is 7.00. The zero-order chi connectivity index (χ0) is 17.6. The molecule has 5 nitrogen and oxygen atoms in total. The molecule has 0 radical (unpaired) electrons. The number of rotatable bonds is 6. The molecule has 0 aromatic rings. The van der Waals surface area contributed by atoms with Gasteiger partial charge < -0.3 is 20.4 Å². The summed E-state index contributed by atoms with van der Waals surface area (Å²) in [4.78, 5) is 9.79. The molecular weight excluding hydrogens is 310 g/mol. The van der Waals surface area contributed by atoms with Gasteiger partial charge in [-0.3, -0.25) is 4.99 Å². The molecule has 1 unspecified atom stereocenters. The second-order valence-electron chi connectivity index (χ2n) is 8.80. The Morgan fingerprint density at radius 1 is 1.08 bits per heavy atom. The average Bonchev–Trinajstić information content (AvgIpc) is 3.44. The fourth-order valence-corrected chi connectivity index (χ4v) is 4.48. The fourth-order valence-electron chi connectivity index (χ4n) is 4.48. The summed E-state index contributed by atoms with van der Waals surface area (Å²) in [5.74, 6) is 2.52. The average molecular weight is 350 g/mol. The molecule has 0 amide bonds. The molecule has 0 bridgehead atoms. The van der Waals surface area contributed by atoms with Gasteiger partial charge in [0.1, 0.15) is 0 Å². The van der Waals surface area contributed by atoms with Crippen molar-refractivity contribution in [3.05, 3.63) is 0 Å². The SMILES string of the molecule is CN=C(NCC1CCCN(CC(C)C)C1)NC1CCN(C2CC2)CC1. The van der Waals surface area contributed by atoms with E-state index in [1.165, 1.54) is 71.2 Å². The number of aliphatic imine (C=N–C) groups is 1. The van der Waals surface area contributed by atoms with E-state index in [1.54, 1.807) is 0 Å². The molecule has 1 atom stereocenters. The summed E-state index contributed by atoms with van der Waals surface area (Å²) in [6.07, 6.45) is 8.04. The van der Waals surface area contributed by atoms with Crippen LogP contribution >= 0.6 is 0 Å². The molecule has 2 saturated heterocycles. The van der Waals surface area contributed by atoms with Crippen LogP contribution in [0.25, 0.3) is 0 Å². The molecule has 25 heavy (non-hydrogen) atoms. The van der Waals surface area contributed by atoms with Crippen LogP contribution in [-0.4, -0.2) is 74.2 Å². The lowest BCUT2D eigenvalue weighted by molar-refractivity contribution is 0.159. The zero-order valence-corrected chi connectivity index (χ0v) is 16.6. The van der Waals surface area contributed by atoms with Crippen LogP contribution in [0.3, 0.4) is 0 Å². The van der Waals surface area contributed by atoms with Gasteiger partial charge in [-0.15, -0.1) is 0 Å². The maximum Gasteiger partial charge on any atom is 0.191 e. The van der Waals surface area contributed by atoms with E-state index >= 15 is 0 Å². The Labute approximate surface area is 154 Å². The van der Waals surface area contributed by atoms with Gasteiger partial charge in [0, 0.05) is 51.9 Å². The van der Waals surface area contributed by atoms with Crippen molar-refractivity contribution in [3.63, 3.8) is 0 Å². The van der Waals surface area contributed by atoms with Crippen molar-refractivity contribution in [2.75, 3.05) is 46.3 Å². The lowest BCUT2D eigenvalue weighted by Gasteiger charge is -2.35. The Morgan fingerprint density at radius 2 is 1.84 bits per heavy atom. The topological polar surface area (TPSA) is 42.9 Å². The number of hydrogen-bond donors (Lipinski definition) is 2. The molecular formula is C20H39N5. The second-order valence-corrected chi connectivity index (χ2v) is 8.80. The molecule has 2 heterocycles. The lowest BCUT2D eigenvalue weighted by Crippen LogP contribution is -2.50. The highest BCUT2D eigenvalue weighted by atomic mass is 15.2. The van der Waals surface area contributed by atoms with Crippen LogP contribution in [0.1, 0.15) is 52.4 Å². The van der Waals surface area contributed by atoms with Crippen molar-refractivity contribution in [1.82, 2.24) is 20.4 Å². The second kappa shape index (κ2) is 9.22. The zero-order valence-electron chi connectivity index (χ0n) is 16.6. The Morgan fingerprint density at radius 3 is 2.48 bits per heavy atom. The molecule has 3 aliphatic rings. The van der Waals surface area contributed by atoms with Crippen molar-refractivity contribution in [1.29, 1.82) is 0 Å². The molecule has 1 saturated carbocycles. The Balaban J connectivity index is 1.36. The van der Waals surface area contributed by atoms with E-state index in [-0.39, 0.29) is 0 Å². The van der Waals surface area contributed by atoms with Crippen molar-refractivity contribution >= 4 is 5.96 Å². The number of hydrogen-bond acceptors (Lipinski definition) is 3. The van der Waals surface area contributed by atoms with Crippen LogP contribution < -0.4 is 10.6 Å². The molecule has 5 heteroatoms. The summed E-state index contributed by atoms with van der Waals surface area (Å²) < 4.78 is 0. The van der Waals surface area contributed by atoms with Crippen LogP contribution in [0, 0.1) is 11.8 Å². The quantitative estimate of drug-likeness (QED) is 0.570. The third-order valence-corrected chi connectivity index (χ3v) is 5.94. The van der Waals surface area contributed by atoms with Crippen LogP contribution in [0.2, 0.25) is 0 Å². The fraction of sp³-hybridized carbons (Fsp3) is 0.950. The molecule has 0 aromatic heterocycles. The van der Waals surface area contributed by atoms with E-state index in [9.17, 15) is 0 Å². The van der Waals surface area contributed by atoms with Gasteiger partial charge in [-0.25, -0.2) is 0 Å². The number of nitrogens with one attached hydrogen (secondary N) is 2. The Bertz CT molecular complexity index is 424. The molecule has 0 aromatic carbocycles. The Hall–Kier alpha value is -0.810. The van der Waals surface area contributed by atoms with E-state index < -0.39 is 0 Å². The van der Waals surface area contributed by atoms with E-state index in [2.05, 4.69) is 39.3 Å². The number of piperidine rings is 2. The number of likely N-dealkylation sites (tertiary alicyclic amines) is 2. The first kappa shape index (κ1) is 19.0. The summed E-state index contributed by atoms with van der Waals surface area (Å²) in [6.45, 7) is 12.0. The molecule has 144 valence electrons. The highest BCUT2D eigenvalue weighted by molar-refractivity contribution is 5.79. The van der Waals surface area contributed by atoms with E-state index in [1.807, 2.05) is 7.05 Å². The van der Waals surface area contributed by atoms with Gasteiger partial charge in [-0.2, -0.15) is 0 Å². The summed E-state index contributed by atoms with van der Waals surface area (Å²) >= 11 is 0. The third kappa shape index (κ3) is 6.14. The van der Waals surface area contributed by atoms with Crippen molar-refractivity contribution in [2.45, 2.75) is 64.5 Å². The molecule has 0 spiro atoms. The van der Waals surface area contributed by atoms with Crippen LogP contribution in [0.15, 0.2) is 4.99 Å². The van der Waals surface area contributed by atoms with Gasteiger partial charge in [-0.1, -0.05) is 13.8 Å². The monoisotopic (exact) mass is 349 g/mol. The van der Waals surface area contributed by atoms with Gasteiger partial charge in [0.05, 0.1) is 0 Å². The highest BCUT2D eigenvalue weighted by Crippen LogP contribution is 2.29. The van der Waals surface area contributed by atoms with Gasteiger partial charge in [0.25, 0.3) is 0 Å². The van der Waals surface area contributed by atoms with Crippen molar-refractivity contribution in [2.24, 2.45) is 16.8 Å². The van der Waals surface area contributed by atoms with Gasteiger partial charge in [-0.05, 0) is 56.9 Å². The minimum Gasteiger partial charge on any atom is -0.356 e. The highest BCUT2D eigenvalue weighted by Gasteiger charge is 2.32. The maximum absolute atomic E-state index is 4.47. The minimum absolute atomic E-state index is 0.588. The predicted molar refractivity (Wildman–Crippen MR) is 106 cm³/mol. The predicted octanol–water partition coefficient (Wildman–Crippen LogP) is 2.15. The lowest BCUT2D eigenvalue weighted by atomic mass is 9.97. The molecule has 2 N–H and O–H groups in total. The largest absolute Gasteiger partial charge is 0.356 e. The van der Waals surface area contributed by atoms with Gasteiger partial charge >= 0.3 is 0 Å². The molecule has 3 fully saturated rings. The van der Waals surface area contributed by atoms with E-state index in [0.717, 1.165) is 30.4 Å². The summed E-state index contributed by atoms with van der Waals surface area (Å²) in [7, 11) is 1.90. The van der Waals surface area contributed by atoms with E-state index in [0.29, 0.717) is 6.04 Å². The first-order valence-electron chi connectivity index (χ1n) is 10.6. The smallest absolute Gasteiger partial charge is 0.191 e.